The Bertz CT molecular complexity index is 537. The lowest BCUT2D eigenvalue weighted by atomic mass is 10.2. The van der Waals surface area contributed by atoms with Crippen molar-refractivity contribution in [3.63, 3.8) is 0 Å². The molecule has 7 heteroatoms. The predicted octanol–water partition coefficient (Wildman–Crippen LogP) is 0.794. The molecule has 7 nitrogen and oxygen atoms in total. The molecule has 0 saturated carbocycles. The van der Waals surface area contributed by atoms with Crippen LogP contribution in [0.15, 0.2) is 22.7 Å². The van der Waals surface area contributed by atoms with E-state index < -0.39 is 6.10 Å². The summed E-state index contributed by atoms with van der Waals surface area (Å²) in [5.74, 6) is 0.0959. The molecule has 1 aromatic heterocycles. The van der Waals surface area contributed by atoms with Crippen molar-refractivity contribution in [3.05, 3.63) is 24.1 Å². The van der Waals surface area contributed by atoms with Gasteiger partial charge < -0.3 is 25.2 Å². The SMILES string of the molecule is COC(CN)c1nc(-c2ccc(O)c(O)c2)no1. The Hall–Kier alpha value is -2.12. The van der Waals surface area contributed by atoms with E-state index in [0.29, 0.717) is 5.56 Å². The number of nitrogens with zero attached hydrogens (tertiary/aromatic N) is 2. The molecular weight excluding hydrogens is 238 g/mol. The van der Waals surface area contributed by atoms with E-state index >= 15 is 0 Å². The van der Waals surface area contributed by atoms with Crippen LogP contribution in [0.4, 0.5) is 0 Å². The number of aromatic hydroxyl groups is 2. The van der Waals surface area contributed by atoms with Gasteiger partial charge in [-0.15, -0.1) is 0 Å². The van der Waals surface area contributed by atoms with Gasteiger partial charge in [-0.2, -0.15) is 4.98 Å². The van der Waals surface area contributed by atoms with Crippen molar-refractivity contribution in [1.82, 2.24) is 10.1 Å². The molecule has 1 atom stereocenters. The van der Waals surface area contributed by atoms with Crippen LogP contribution in [0.3, 0.4) is 0 Å². The highest BCUT2D eigenvalue weighted by molar-refractivity contribution is 5.59. The van der Waals surface area contributed by atoms with E-state index in [1.807, 2.05) is 0 Å². The second-order valence-corrected chi connectivity index (χ2v) is 3.62. The molecule has 96 valence electrons. The summed E-state index contributed by atoms with van der Waals surface area (Å²) < 4.78 is 10.1. The third-order valence-corrected chi connectivity index (χ3v) is 2.45. The molecule has 0 radical (unpaired) electrons. The lowest BCUT2D eigenvalue weighted by Gasteiger charge is -2.05. The first-order chi connectivity index (χ1) is 8.65. The number of phenols is 2. The monoisotopic (exact) mass is 251 g/mol. The van der Waals surface area contributed by atoms with Gasteiger partial charge in [0.05, 0.1) is 0 Å². The van der Waals surface area contributed by atoms with Gasteiger partial charge >= 0.3 is 0 Å². The Morgan fingerprint density at radius 3 is 2.78 bits per heavy atom. The van der Waals surface area contributed by atoms with Crippen molar-refractivity contribution >= 4 is 0 Å². The van der Waals surface area contributed by atoms with Gasteiger partial charge in [0.25, 0.3) is 5.89 Å². The standard InChI is InChI=1S/C11H13N3O4/c1-17-9(5-12)11-13-10(14-18-11)6-2-3-7(15)8(16)4-6/h2-4,9,15-16H,5,12H2,1H3. The van der Waals surface area contributed by atoms with Gasteiger partial charge in [-0.25, -0.2) is 0 Å². The third-order valence-electron chi connectivity index (χ3n) is 2.45. The lowest BCUT2D eigenvalue weighted by molar-refractivity contribution is 0.0804. The summed E-state index contributed by atoms with van der Waals surface area (Å²) in [6.07, 6.45) is -0.461. The average Bonchev–Trinajstić information content (AvgIpc) is 2.84. The molecule has 1 heterocycles. The number of phenolic OH excluding ortho intramolecular Hbond substituents is 2. The van der Waals surface area contributed by atoms with Crippen LogP contribution < -0.4 is 5.73 Å². The second-order valence-electron chi connectivity index (χ2n) is 3.62. The van der Waals surface area contributed by atoms with Gasteiger partial charge in [-0.05, 0) is 18.2 Å². The third kappa shape index (κ3) is 2.27. The fraction of sp³-hybridized carbons (Fsp3) is 0.273. The van der Waals surface area contributed by atoms with Crippen LogP contribution in [0.1, 0.15) is 12.0 Å². The van der Waals surface area contributed by atoms with E-state index in [4.69, 9.17) is 15.0 Å². The van der Waals surface area contributed by atoms with Gasteiger partial charge in [0.1, 0.15) is 6.10 Å². The van der Waals surface area contributed by atoms with Gasteiger partial charge in [0, 0.05) is 19.2 Å². The van der Waals surface area contributed by atoms with Crippen molar-refractivity contribution < 1.29 is 19.5 Å². The molecule has 18 heavy (non-hydrogen) atoms. The molecule has 0 aliphatic carbocycles. The molecule has 0 fully saturated rings. The van der Waals surface area contributed by atoms with E-state index in [1.165, 1.54) is 19.2 Å². The van der Waals surface area contributed by atoms with E-state index in [-0.39, 0.29) is 29.8 Å². The molecule has 1 aromatic carbocycles. The van der Waals surface area contributed by atoms with Crippen LogP contribution in [-0.2, 0) is 4.74 Å². The zero-order valence-corrected chi connectivity index (χ0v) is 9.70. The highest BCUT2D eigenvalue weighted by Gasteiger charge is 2.18. The number of rotatable bonds is 4. The van der Waals surface area contributed by atoms with Crippen molar-refractivity contribution in [3.8, 4) is 22.9 Å². The zero-order chi connectivity index (χ0) is 13.1. The molecule has 0 saturated heterocycles. The number of ether oxygens (including phenoxy) is 1. The minimum absolute atomic E-state index is 0.209. The molecule has 2 aromatic rings. The molecule has 1 unspecified atom stereocenters. The predicted molar refractivity (Wildman–Crippen MR) is 61.9 cm³/mol. The normalized spacial score (nSPS) is 12.6. The summed E-state index contributed by atoms with van der Waals surface area (Å²) in [5, 5.41) is 22.4. The van der Waals surface area contributed by atoms with Crippen molar-refractivity contribution in [1.29, 1.82) is 0 Å². The van der Waals surface area contributed by atoms with Crippen LogP contribution in [0.2, 0.25) is 0 Å². The Morgan fingerprint density at radius 1 is 1.39 bits per heavy atom. The maximum Gasteiger partial charge on any atom is 0.257 e. The Labute approximate surface area is 103 Å². The summed E-state index contributed by atoms with van der Waals surface area (Å²) in [6, 6.07) is 4.25. The Balaban J connectivity index is 2.31. The van der Waals surface area contributed by atoms with Crippen LogP contribution >= 0.6 is 0 Å². The molecule has 0 aliphatic rings. The van der Waals surface area contributed by atoms with Crippen molar-refractivity contribution in [2.24, 2.45) is 5.73 Å². The number of aromatic nitrogens is 2. The van der Waals surface area contributed by atoms with Crippen molar-refractivity contribution in [2.45, 2.75) is 6.10 Å². The minimum atomic E-state index is -0.461. The first kappa shape index (κ1) is 12.3. The Kier molecular flexibility index (Phi) is 3.45. The van der Waals surface area contributed by atoms with Crippen molar-refractivity contribution in [2.75, 3.05) is 13.7 Å². The smallest absolute Gasteiger partial charge is 0.257 e. The molecule has 0 amide bonds. The number of hydrogen-bond donors (Lipinski definition) is 3. The van der Waals surface area contributed by atoms with Crippen LogP contribution in [-0.4, -0.2) is 34.0 Å². The molecule has 0 aliphatic heterocycles. The second kappa shape index (κ2) is 5.03. The largest absolute Gasteiger partial charge is 0.504 e. The topological polar surface area (TPSA) is 115 Å². The molecule has 2 rings (SSSR count). The zero-order valence-electron chi connectivity index (χ0n) is 9.70. The van der Waals surface area contributed by atoms with Gasteiger partial charge in [0.15, 0.2) is 11.5 Å². The fourth-order valence-electron chi connectivity index (χ4n) is 1.44. The first-order valence-electron chi connectivity index (χ1n) is 5.24. The van der Waals surface area contributed by atoms with Gasteiger partial charge in [0.2, 0.25) is 5.82 Å². The summed E-state index contributed by atoms with van der Waals surface area (Å²) in [5.41, 5.74) is 6.00. The quantitative estimate of drug-likeness (QED) is 0.688. The average molecular weight is 251 g/mol. The summed E-state index contributed by atoms with van der Waals surface area (Å²) in [4.78, 5) is 4.12. The maximum absolute atomic E-state index is 9.39. The van der Waals surface area contributed by atoms with E-state index in [1.54, 1.807) is 6.07 Å². The Morgan fingerprint density at radius 2 is 2.17 bits per heavy atom. The molecule has 0 bridgehead atoms. The summed E-state index contributed by atoms with van der Waals surface area (Å²) >= 11 is 0. The van der Waals surface area contributed by atoms with Crippen LogP contribution in [0, 0.1) is 0 Å². The summed E-state index contributed by atoms with van der Waals surface area (Å²) in [7, 11) is 1.49. The molecule has 4 N–H and O–H groups in total. The highest BCUT2D eigenvalue weighted by atomic mass is 16.5. The minimum Gasteiger partial charge on any atom is -0.504 e. The van der Waals surface area contributed by atoms with E-state index in [9.17, 15) is 10.2 Å². The fourth-order valence-corrected chi connectivity index (χ4v) is 1.44. The molecule has 0 spiro atoms. The lowest BCUT2D eigenvalue weighted by Crippen LogP contribution is -2.14. The number of benzene rings is 1. The van der Waals surface area contributed by atoms with Gasteiger partial charge in [-0.1, -0.05) is 5.16 Å². The van der Waals surface area contributed by atoms with Crippen LogP contribution in [0.25, 0.3) is 11.4 Å². The van der Waals surface area contributed by atoms with Crippen LogP contribution in [0.5, 0.6) is 11.5 Å². The van der Waals surface area contributed by atoms with Gasteiger partial charge in [-0.3, -0.25) is 0 Å². The van der Waals surface area contributed by atoms with E-state index in [2.05, 4.69) is 10.1 Å². The number of nitrogens with two attached hydrogens (primary N) is 1. The van der Waals surface area contributed by atoms with E-state index in [0.717, 1.165) is 0 Å². The number of methoxy groups -OCH3 is 1. The highest BCUT2D eigenvalue weighted by Crippen LogP contribution is 2.29. The first-order valence-corrected chi connectivity index (χ1v) is 5.24. The number of hydrogen-bond acceptors (Lipinski definition) is 7. The summed E-state index contributed by atoms with van der Waals surface area (Å²) in [6.45, 7) is 0.221. The maximum atomic E-state index is 9.39. The molecular formula is C11H13N3O4.